The van der Waals surface area contributed by atoms with Gasteiger partial charge in [0.2, 0.25) is 0 Å². The Bertz CT molecular complexity index is 97.1. The minimum Gasteiger partial charge on any atom is -0.392 e. The molecule has 1 nitrogen and oxygen atoms in total. The molecule has 1 rings (SSSR count). The summed E-state index contributed by atoms with van der Waals surface area (Å²) >= 11 is 6.93. The summed E-state index contributed by atoms with van der Waals surface area (Å²) in [5.41, 5.74) is 0. The second-order valence-corrected chi connectivity index (χ2v) is 4.96. The molecule has 1 saturated carbocycles. The maximum atomic E-state index is 9.23. The van der Waals surface area contributed by atoms with E-state index in [0.29, 0.717) is 9.65 Å². The zero-order valence-corrected chi connectivity index (χ0v) is 8.23. The summed E-state index contributed by atoms with van der Waals surface area (Å²) in [5, 5.41) is 9.23. The molecule has 3 atom stereocenters. The Morgan fingerprint density at radius 3 is 2.33 bits per heavy atom. The van der Waals surface area contributed by atoms with Crippen LogP contribution in [0.25, 0.3) is 0 Å². The van der Waals surface area contributed by atoms with Crippen molar-refractivity contribution >= 4 is 31.9 Å². The van der Waals surface area contributed by atoms with Crippen LogP contribution in [-0.4, -0.2) is 20.9 Å². The third-order valence-electron chi connectivity index (χ3n) is 1.67. The van der Waals surface area contributed by atoms with Gasteiger partial charge in [-0.05, 0) is 19.3 Å². The first-order valence-electron chi connectivity index (χ1n) is 3.16. The zero-order valence-electron chi connectivity index (χ0n) is 5.06. The first-order chi connectivity index (χ1) is 4.20. The van der Waals surface area contributed by atoms with Gasteiger partial charge in [-0.3, -0.25) is 0 Å². The minimum atomic E-state index is -0.126. The Balaban J connectivity index is 2.35. The van der Waals surface area contributed by atoms with E-state index in [1.807, 2.05) is 0 Å². The highest BCUT2D eigenvalue weighted by Gasteiger charge is 2.25. The molecule has 3 heteroatoms. The Hall–Kier alpha value is 0.920. The van der Waals surface area contributed by atoms with Crippen molar-refractivity contribution in [2.45, 2.75) is 35.0 Å². The summed E-state index contributed by atoms with van der Waals surface area (Å²) in [5.74, 6) is 0. The van der Waals surface area contributed by atoms with E-state index in [-0.39, 0.29) is 6.10 Å². The normalized spacial score (nSPS) is 45.0. The second-order valence-electron chi connectivity index (χ2n) is 2.49. The summed E-state index contributed by atoms with van der Waals surface area (Å²) in [7, 11) is 0. The van der Waals surface area contributed by atoms with Crippen LogP contribution in [0.4, 0.5) is 0 Å². The molecule has 0 aliphatic heterocycles. The maximum absolute atomic E-state index is 9.23. The first-order valence-corrected chi connectivity index (χ1v) is 4.99. The average Bonchev–Trinajstić information content (AvgIpc) is 1.80. The Kier molecular flexibility index (Phi) is 2.99. The summed E-state index contributed by atoms with van der Waals surface area (Å²) in [6.45, 7) is 0. The molecule has 0 saturated heterocycles. The van der Waals surface area contributed by atoms with E-state index in [0.717, 1.165) is 19.3 Å². The van der Waals surface area contributed by atoms with Crippen LogP contribution in [0, 0.1) is 0 Å². The molecule has 0 aromatic rings. The lowest BCUT2D eigenvalue weighted by Gasteiger charge is -2.26. The van der Waals surface area contributed by atoms with Gasteiger partial charge in [-0.2, -0.15) is 0 Å². The van der Waals surface area contributed by atoms with Crippen molar-refractivity contribution in [1.82, 2.24) is 0 Å². The molecule has 1 aliphatic carbocycles. The summed E-state index contributed by atoms with van der Waals surface area (Å²) < 4.78 is 0. The van der Waals surface area contributed by atoms with Crippen LogP contribution in [0.15, 0.2) is 0 Å². The highest BCUT2D eigenvalue weighted by Crippen LogP contribution is 2.28. The van der Waals surface area contributed by atoms with Crippen LogP contribution in [0.2, 0.25) is 0 Å². The van der Waals surface area contributed by atoms with Crippen LogP contribution in [0.1, 0.15) is 19.3 Å². The summed E-state index contributed by atoms with van der Waals surface area (Å²) in [6, 6.07) is 0. The molecular weight excluding hydrogens is 248 g/mol. The van der Waals surface area contributed by atoms with Gasteiger partial charge in [0.15, 0.2) is 0 Å². The maximum Gasteiger partial charge on any atom is 0.0666 e. The van der Waals surface area contributed by atoms with Gasteiger partial charge in [-0.1, -0.05) is 31.9 Å². The van der Waals surface area contributed by atoms with Gasteiger partial charge in [-0.15, -0.1) is 0 Å². The first kappa shape index (κ1) is 8.02. The SMILES string of the molecule is OC1CCC(Br)CC1Br. The van der Waals surface area contributed by atoms with Gasteiger partial charge in [0.25, 0.3) is 0 Å². The topological polar surface area (TPSA) is 20.2 Å². The van der Waals surface area contributed by atoms with E-state index in [9.17, 15) is 5.11 Å². The van der Waals surface area contributed by atoms with E-state index in [4.69, 9.17) is 0 Å². The number of aliphatic hydroxyl groups is 1. The molecule has 54 valence electrons. The van der Waals surface area contributed by atoms with Crippen LogP contribution in [-0.2, 0) is 0 Å². The van der Waals surface area contributed by atoms with Crippen molar-refractivity contribution in [2.75, 3.05) is 0 Å². The third-order valence-corrected chi connectivity index (χ3v) is 3.49. The highest BCUT2D eigenvalue weighted by molar-refractivity contribution is 9.10. The van der Waals surface area contributed by atoms with Gasteiger partial charge in [0.05, 0.1) is 6.10 Å². The number of aliphatic hydroxyl groups excluding tert-OH is 1. The lowest BCUT2D eigenvalue weighted by Crippen LogP contribution is -2.29. The predicted molar refractivity (Wildman–Crippen MR) is 45.3 cm³/mol. The number of halogens is 2. The molecule has 9 heavy (non-hydrogen) atoms. The van der Waals surface area contributed by atoms with E-state index in [1.165, 1.54) is 0 Å². The molecule has 1 N–H and O–H groups in total. The number of rotatable bonds is 0. The highest BCUT2D eigenvalue weighted by atomic mass is 79.9. The smallest absolute Gasteiger partial charge is 0.0666 e. The van der Waals surface area contributed by atoms with E-state index in [1.54, 1.807) is 0 Å². The average molecular weight is 258 g/mol. The molecule has 0 aromatic heterocycles. The fraction of sp³-hybridized carbons (Fsp3) is 1.00. The van der Waals surface area contributed by atoms with Crippen molar-refractivity contribution in [1.29, 1.82) is 0 Å². The van der Waals surface area contributed by atoms with Crippen LogP contribution in [0.3, 0.4) is 0 Å². The monoisotopic (exact) mass is 256 g/mol. The predicted octanol–water partition coefficient (Wildman–Crippen LogP) is 2.06. The molecule has 1 aliphatic rings. The molecule has 0 spiro atoms. The largest absolute Gasteiger partial charge is 0.392 e. The van der Waals surface area contributed by atoms with Gasteiger partial charge < -0.3 is 5.11 Å². The quantitative estimate of drug-likeness (QED) is 0.659. The molecule has 3 unspecified atom stereocenters. The van der Waals surface area contributed by atoms with Crippen molar-refractivity contribution in [3.05, 3.63) is 0 Å². The van der Waals surface area contributed by atoms with Crippen LogP contribution in [0.5, 0.6) is 0 Å². The van der Waals surface area contributed by atoms with E-state index in [2.05, 4.69) is 31.9 Å². The zero-order chi connectivity index (χ0) is 6.85. The molecule has 0 aromatic carbocycles. The Labute approximate surface area is 72.1 Å². The van der Waals surface area contributed by atoms with Crippen molar-refractivity contribution < 1.29 is 5.11 Å². The molecule has 0 bridgehead atoms. The van der Waals surface area contributed by atoms with Crippen molar-refractivity contribution in [3.8, 4) is 0 Å². The molecular formula is C6H10Br2O. The van der Waals surface area contributed by atoms with Crippen molar-refractivity contribution in [3.63, 3.8) is 0 Å². The van der Waals surface area contributed by atoms with Gasteiger partial charge >= 0.3 is 0 Å². The Morgan fingerprint density at radius 2 is 1.89 bits per heavy atom. The van der Waals surface area contributed by atoms with E-state index >= 15 is 0 Å². The lowest BCUT2D eigenvalue weighted by molar-refractivity contribution is 0.141. The fourth-order valence-corrected chi connectivity index (χ4v) is 2.94. The molecule has 1 fully saturated rings. The van der Waals surface area contributed by atoms with Gasteiger partial charge in [0.1, 0.15) is 0 Å². The van der Waals surface area contributed by atoms with Gasteiger partial charge in [-0.25, -0.2) is 0 Å². The standard InChI is InChI=1S/C6H10Br2O/c7-4-1-2-6(9)5(8)3-4/h4-6,9H,1-3H2. The number of alkyl halides is 2. The fourth-order valence-electron chi connectivity index (χ4n) is 1.05. The number of hydrogen-bond acceptors (Lipinski definition) is 1. The summed E-state index contributed by atoms with van der Waals surface area (Å²) in [6.07, 6.45) is 2.94. The van der Waals surface area contributed by atoms with Crippen LogP contribution < -0.4 is 0 Å². The number of hydrogen-bond donors (Lipinski definition) is 1. The lowest BCUT2D eigenvalue weighted by atomic mass is 9.98. The van der Waals surface area contributed by atoms with E-state index < -0.39 is 0 Å². The third kappa shape index (κ3) is 2.20. The minimum absolute atomic E-state index is 0.126. The van der Waals surface area contributed by atoms with Crippen LogP contribution >= 0.6 is 31.9 Å². The summed E-state index contributed by atoms with van der Waals surface area (Å²) in [4.78, 5) is 0.904. The van der Waals surface area contributed by atoms with Gasteiger partial charge in [0, 0.05) is 9.65 Å². The van der Waals surface area contributed by atoms with Crippen molar-refractivity contribution in [2.24, 2.45) is 0 Å². The molecule has 0 amide bonds. The second kappa shape index (κ2) is 3.35. The molecule has 0 heterocycles. The Morgan fingerprint density at radius 1 is 1.22 bits per heavy atom. The molecule has 0 radical (unpaired) electrons.